The van der Waals surface area contributed by atoms with Gasteiger partial charge in [-0.2, -0.15) is 4.98 Å². The first-order valence-corrected chi connectivity index (χ1v) is 5.59. The SMILES string of the molecule is Cc1cc(C)n(Cc2ccnc(Cl)c2)c(=O)n1. The molecule has 0 bridgehead atoms. The molecule has 0 unspecified atom stereocenters. The van der Waals surface area contributed by atoms with Crippen LogP contribution in [0.5, 0.6) is 0 Å². The smallest absolute Gasteiger partial charge is 0.292 e. The molecule has 0 fully saturated rings. The van der Waals surface area contributed by atoms with Crippen molar-refractivity contribution < 1.29 is 0 Å². The summed E-state index contributed by atoms with van der Waals surface area (Å²) in [7, 11) is 0. The topological polar surface area (TPSA) is 47.8 Å². The van der Waals surface area contributed by atoms with Gasteiger partial charge in [-0.05, 0) is 37.6 Å². The minimum Gasteiger partial charge on any atom is -0.292 e. The Morgan fingerprint density at radius 3 is 2.76 bits per heavy atom. The van der Waals surface area contributed by atoms with Crippen LogP contribution in [-0.4, -0.2) is 14.5 Å². The summed E-state index contributed by atoms with van der Waals surface area (Å²) in [6, 6.07) is 5.45. The Hall–Kier alpha value is -1.68. The third-order valence-corrected chi connectivity index (χ3v) is 2.68. The van der Waals surface area contributed by atoms with Crippen LogP contribution in [0.25, 0.3) is 0 Å². The van der Waals surface area contributed by atoms with Crippen LogP contribution < -0.4 is 5.69 Å². The molecule has 0 aromatic carbocycles. The molecule has 88 valence electrons. The average molecular weight is 250 g/mol. The van der Waals surface area contributed by atoms with E-state index >= 15 is 0 Å². The van der Waals surface area contributed by atoms with Crippen molar-refractivity contribution in [2.45, 2.75) is 20.4 Å². The maximum Gasteiger partial charge on any atom is 0.348 e. The van der Waals surface area contributed by atoms with Crippen LogP contribution in [-0.2, 0) is 6.54 Å². The number of halogens is 1. The quantitative estimate of drug-likeness (QED) is 0.765. The summed E-state index contributed by atoms with van der Waals surface area (Å²) in [5.41, 5.74) is 2.31. The van der Waals surface area contributed by atoms with E-state index in [2.05, 4.69) is 9.97 Å². The van der Waals surface area contributed by atoms with Crippen molar-refractivity contribution in [3.05, 3.63) is 57.0 Å². The van der Waals surface area contributed by atoms with Gasteiger partial charge in [0.2, 0.25) is 0 Å². The summed E-state index contributed by atoms with van der Waals surface area (Å²) in [5, 5.41) is 0.424. The largest absolute Gasteiger partial charge is 0.348 e. The summed E-state index contributed by atoms with van der Waals surface area (Å²) in [5.74, 6) is 0. The van der Waals surface area contributed by atoms with Crippen LogP contribution >= 0.6 is 11.6 Å². The monoisotopic (exact) mass is 249 g/mol. The van der Waals surface area contributed by atoms with E-state index in [1.54, 1.807) is 16.8 Å². The van der Waals surface area contributed by atoms with Gasteiger partial charge < -0.3 is 0 Å². The van der Waals surface area contributed by atoms with Gasteiger partial charge in [-0.15, -0.1) is 0 Å². The second kappa shape index (κ2) is 4.67. The van der Waals surface area contributed by atoms with Crippen molar-refractivity contribution in [1.29, 1.82) is 0 Å². The van der Waals surface area contributed by atoms with Gasteiger partial charge in [0, 0.05) is 17.6 Å². The molecular formula is C12H12ClN3O. The highest BCUT2D eigenvalue weighted by Gasteiger charge is 2.04. The van der Waals surface area contributed by atoms with Crippen LogP contribution in [0.15, 0.2) is 29.2 Å². The molecule has 0 amide bonds. The van der Waals surface area contributed by atoms with E-state index in [-0.39, 0.29) is 5.69 Å². The Labute approximate surface area is 104 Å². The Morgan fingerprint density at radius 2 is 2.12 bits per heavy atom. The summed E-state index contributed by atoms with van der Waals surface area (Å²) >= 11 is 5.80. The van der Waals surface area contributed by atoms with Gasteiger partial charge in [0.25, 0.3) is 0 Å². The van der Waals surface area contributed by atoms with Crippen LogP contribution in [0.1, 0.15) is 17.0 Å². The molecular weight excluding hydrogens is 238 g/mol. The molecule has 4 nitrogen and oxygen atoms in total. The Morgan fingerprint density at radius 1 is 1.35 bits per heavy atom. The van der Waals surface area contributed by atoms with E-state index in [0.29, 0.717) is 11.7 Å². The molecule has 2 aromatic heterocycles. The molecule has 5 heteroatoms. The van der Waals surface area contributed by atoms with Crippen LogP contribution in [0, 0.1) is 13.8 Å². The molecule has 0 N–H and O–H groups in total. The maximum atomic E-state index is 11.8. The lowest BCUT2D eigenvalue weighted by atomic mass is 10.2. The molecule has 0 spiro atoms. The third-order valence-electron chi connectivity index (χ3n) is 2.48. The third kappa shape index (κ3) is 2.71. The van der Waals surface area contributed by atoms with E-state index < -0.39 is 0 Å². The molecule has 0 saturated heterocycles. The fourth-order valence-corrected chi connectivity index (χ4v) is 1.89. The van der Waals surface area contributed by atoms with Gasteiger partial charge in [-0.1, -0.05) is 11.6 Å². The minimum absolute atomic E-state index is 0.240. The lowest BCUT2D eigenvalue weighted by Gasteiger charge is -2.09. The number of nitrogens with zero attached hydrogens (tertiary/aromatic N) is 3. The molecule has 0 aliphatic rings. The van der Waals surface area contributed by atoms with Crippen molar-refractivity contribution in [3.8, 4) is 0 Å². The molecule has 2 heterocycles. The Balaban J connectivity index is 2.40. The summed E-state index contributed by atoms with van der Waals surface area (Å²) in [4.78, 5) is 19.6. The van der Waals surface area contributed by atoms with E-state index in [0.717, 1.165) is 17.0 Å². The Bertz CT molecular complexity index is 607. The first-order valence-electron chi connectivity index (χ1n) is 5.22. The molecule has 0 aliphatic carbocycles. The van der Waals surface area contributed by atoms with Gasteiger partial charge in [-0.3, -0.25) is 4.57 Å². The lowest BCUT2D eigenvalue weighted by molar-refractivity contribution is 0.693. The van der Waals surface area contributed by atoms with E-state index in [4.69, 9.17) is 11.6 Å². The summed E-state index contributed by atoms with van der Waals surface area (Å²) in [6.45, 7) is 4.15. The molecule has 2 rings (SSSR count). The summed E-state index contributed by atoms with van der Waals surface area (Å²) < 4.78 is 1.61. The van der Waals surface area contributed by atoms with Crippen molar-refractivity contribution in [3.63, 3.8) is 0 Å². The fraction of sp³-hybridized carbons (Fsp3) is 0.250. The van der Waals surface area contributed by atoms with Gasteiger partial charge in [0.05, 0.1) is 6.54 Å². The lowest BCUT2D eigenvalue weighted by Crippen LogP contribution is -2.26. The van der Waals surface area contributed by atoms with Gasteiger partial charge in [0.15, 0.2) is 0 Å². The van der Waals surface area contributed by atoms with Crippen molar-refractivity contribution in [2.75, 3.05) is 0 Å². The van der Waals surface area contributed by atoms with Gasteiger partial charge in [0.1, 0.15) is 5.15 Å². The van der Waals surface area contributed by atoms with Crippen molar-refractivity contribution >= 4 is 11.6 Å². The van der Waals surface area contributed by atoms with Crippen molar-refractivity contribution in [1.82, 2.24) is 14.5 Å². The number of pyridine rings is 1. The van der Waals surface area contributed by atoms with Crippen LogP contribution in [0.3, 0.4) is 0 Å². The summed E-state index contributed by atoms with van der Waals surface area (Å²) in [6.07, 6.45) is 1.62. The zero-order chi connectivity index (χ0) is 12.4. The zero-order valence-corrected chi connectivity index (χ0v) is 10.4. The van der Waals surface area contributed by atoms with E-state index in [1.807, 2.05) is 26.0 Å². The highest BCUT2D eigenvalue weighted by atomic mass is 35.5. The second-order valence-electron chi connectivity index (χ2n) is 3.89. The van der Waals surface area contributed by atoms with E-state index in [9.17, 15) is 4.79 Å². The van der Waals surface area contributed by atoms with Crippen molar-refractivity contribution in [2.24, 2.45) is 0 Å². The number of hydrogen-bond donors (Lipinski definition) is 0. The average Bonchev–Trinajstić information content (AvgIpc) is 2.23. The Kier molecular flexibility index (Phi) is 3.24. The normalized spacial score (nSPS) is 10.5. The maximum absolute atomic E-state index is 11.8. The van der Waals surface area contributed by atoms with Gasteiger partial charge >= 0.3 is 5.69 Å². The molecule has 0 saturated carbocycles. The second-order valence-corrected chi connectivity index (χ2v) is 4.28. The number of aryl methyl sites for hydroxylation is 2. The number of aromatic nitrogens is 3. The molecule has 0 aliphatic heterocycles. The standard InChI is InChI=1S/C12H12ClN3O/c1-8-5-9(2)16(12(17)15-8)7-10-3-4-14-11(13)6-10/h3-6H,7H2,1-2H3. The molecule has 0 atom stereocenters. The zero-order valence-electron chi connectivity index (χ0n) is 9.64. The van der Waals surface area contributed by atoms with Gasteiger partial charge in [-0.25, -0.2) is 9.78 Å². The molecule has 0 radical (unpaired) electrons. The highest BCUT2D eigenvalue weighted by Crippen LogP contribution is 2.09. The minimum atomic E-state index is -0.240. The molecule has 17 heavy (non-hydrogen) atoms. The predicted molar refractivity (Wildman–Crippen MR) is 66.3 cm³/mol. The van der Waals surface area contributed by atoms with Crippen LogP contribution in [0.4, 0.5) is 0 Å². The van der Waals surface area contributed by atoms with Crippen LogP contribution in [0.2, 0.25) is 5.15 Å². The predicted octanol–water partition coefficient (Wildman–Crippen LogP) is 1.96. The first kappa shape index (κ1) is 11.8. The first-order chi connectivity index (χ1) is 8.06. The fourth-order valence-electron chi connectivity index (χ4n) is 1.69. The number of rotatable bonds is 2. The van der Waals surface area contributed by atoms with E-state index in [1.165, 1.54) is 0 Å². The number of hydrogen-bond acceptors (Lipinski definition) is 3. The molecule has 2 aromatic rings. The highest BCUT2D eigenvalue weighted by molar-refractivity contribution is 6.29.